The summed E-state index contributed by atoms with van der Waals surface area (Å²) in [5, 5.41) is 2.68. The number of benzene rings is 2. The molecule has 0 fully saturated rings. The Morgan fingerprint density at radius 3 is 1.88 bits per heavy atom. The maximum Gasteiger partial charge on any atom is -0.0155 e. The van der Waals surface area contributed by atoms with Gasteiger partial charge in [0.15, 0.2) is 0 Å². The van der Waals surface area contributed by atoms with Crippen LogP contribution in [0.1, 0.15) is 39.7 Å². The molecule has 0 aliphatic rings. The molecular weight excluding hydrogens is 192 g/mol. The molecule has 0 aliphatic heterocycles. The second kappa shape index (κ2) is 8.96. The van der Waals surface area contributed by atoms with Crippen LogP contribution in [0.2, 0.25) is 0 Å². The van der Waals surface area contributed by atoms with Gasteiger partial charge in [0.1, 0.15) is 0 Å². The van der Waals surface area contributed by atoms with Gasteiger partial charge in [-0.05, 0) is 23.3 Å². The van der Waals surface area contributed by atoms with Gasteiger partial charge < -0.3 is 0 Å². The number of aryl methyl sites for hydroxylation is 1. The third kappa shape index (κ3) is 4.48. The van der Waals surface area contributed by atoms with E-state index in [4.69, 9.17) is 0 Å². The van der Waals surface area contributed by atoms with E-state index in [1.165, 1.54) is 22.8 Å². The van der Waals surface area contributed by atoms with Crippen molar-refractivity contribution < 1.29 is 0 Å². The molecule has 0 nitrogen and oxygen atoms in total. The highest BCUT2D eigenvalue weighted by Gasteiger charge is 1.92. The first-order valence-electron chi connectivity index (χ1n) is 6.24. The molecule has 2 aromatic rings. The number of hydrogen-bond acceptors (Lipinski definition) is 0. The molecule has 0 radical (unpaired) electrons. The van der Waals surface area contributed by atoms with Crippen molar-refractivity contribution >= 4 is 10.8 Å². The molecule has 0 saturated carbocycles. The largest absolute Gasteiger partial charge is 0.0683 e. The summed E-state index contributed by atoms with van der Waals surface area (Å²) in [6, 6.07) is 14.8. The van der Waals surface area contributed by atoms with Crippen LogP contribution in [-0.2, 0) is 0 Å². The standard InChI is InChI=1S/C11H10.C3H8.C2H6/c1-9-5-4-7-10-6-2-3-8-11(9)10;1-3-2;1-2/h2-8H,1H3;3H2,1-2H3;1-2H3. The van der Waals surface area contributed by atoms with Crippen molar-refractivity contribution in [2.75, 3.05) is 0 Å². The van der Waals surface area contributed by atoms with Crippen molar-refractivity contribution in [3.63, 3.8) is 0 Å². The predicted octanol–water partition coefficient (Wildman–Crippen LogP) is 5.59. The van der Waals surface area contributed by atoms with Crippen LogP contribution >= 0.6 is 0 Å². The lowest BCUT2D eigenvalue weighted by molar-refractivity contribution is 1.09. The molecule has 16 heavy (non-hydrogen) atoms. The molecular formula is C16H24. The molecule has 0 spiro atoms. The minimum absolute atomic E-state index is 1.25. The molecule has 0 amide bonds. The highest BCUT2D eigenvalue weighted by molar-refractivity contribution is 5.85. The van der Waals surface area contributed by atoms with Gasteiger partial charge in [0.25, 0.3) is 0 Å². The Morgan fingerprint density at radius 2 is 1.31 bits per heavy atom. The monoisotopic (exact) mass is 216 g/mol. The molecule has 0 aromatic heterocycles. The van der Waals surface area contributed by atoms with Crippen LogP contribution in [0.5, 0.6) is 0 Å². The Morgan fingerprint density at radius 1 is 0.812 bits per heavy atom. The minimum Gasteiger partial charge on any atom is -0.0683 e. The van der Waals surface area contributed by atoms with Crippen LogP contribution < -0.4 is 0 Å². The fourth-order valence-corrected chi connectivity index (χ4v) is 1.39. The van der Waals surface area contributed by atoms with Gasteiger partial charge in [-0.25, -0.2) is 0 Å². The molecule has 0 bridgehead atoms. The Labute approximate surface area is 100 Å². The summed E-state index contributed by atoms with van der Waals surface area (Å²) < 4.78 is 0. The molecule has 0 atom stereocenters. The fourth-order valence-electron chi connectivity index (χ4n) is 1.39. The quantitative estimate of drug-likeness (QED) is 0.538. The SMILES string of the molecule is CC.CCC.Cc1cccc2ccccc12. The van der Waals surface area contributed by atoms with E-state index in [1.807, 2.05) is 13.8 Å². The van der Waals surface area contributed by atoms with E-state index < -0.39 is 0 Å². The normalized spacial score (nSPS) is 8.56. The lowest BCUT2D eigenvalue weighted by Crippen LogP contribution is -1.75. The van der Waals surface area contributed by atoms with Gasteiger partial charge in [-0.3, -0.25) is 0 Å². The van der Waals surface area contributed by atoms with Crippen LogP contribution in [0, 0.1) is 6.92 Å². The van der Waals surface area contributed by atoms with E-state index >= 15 is 0 Å². The van der Waals surface area contributed by atoms with Gasteiger partial charge in [-0.1, -0.05) is 76.6 Å². The van der Waals surface area contributed by atoms with E-state index in [0.29, 0.717) is 0 Å². The maximum absolute atomic E-state index is 2.16. The van der Waals surface area contributed by atoms with Crippen molar-refractivity contribution in [2.45, 2.75) is 41.0 Å². The predicted molar refractivity (Wildman–Crippen MR) is 76.0 cm³/mol. The molecule has 0 unspecified atom stereocenters. The highest BCUT2D eigenvalue weighted by Crippen LogP contribution is 2.16. The lowest BCUT2D eigenvalue weighted by atomic mass is 10.1. The first-order valence-corrected chi connectivity index (χ1v) is 6.24. The topological polar surface area (TPSA) is 0 Å². The smallest absolute Gasteiger partial charge is 0.0155 e. The van der Waals surface area contributed by atoms with Gasteiger partial charge in [-0.2, -0.15) is 0 Å². The number of hydrogen-bond donors (Lipinski definition) is 0. The first kappa shape index (κ1) is 14.7. The summed E-state index contributed by atoms with van der Waals surface area (Å²) >= 11 is 0. The zero-order valence-electron chi connectivity index (χ0n) is 11.2. The summed E-state index contributed by atoms with van der Waals surface area (Å²) in [6.07, 6.45) is 1.25. The van der Waals surface area contributed by atoms with Crippen molar-refractivity contribution in [3.05, 3.63) is 48.0 Å². The Kier molecular flexibility index (Phi) is 8.24. The van der Waals surface area contributed by atoms with Crippen LogP contribution in [0.4, 0.5) is 0 Å². The average molecular weight is 216 g/mol. The van der Waals surface area contributed by atoms with E-state index in [1.54, 1.807) is 0 Å². The zero-order valence-corrected chi connectivity index (χ0v) is 11.2. The Hall–Kier alpha value is -1.30. The average Bonchev–Trinajstić information content (AvgIpc) is 2.33. The third-order valence-electron chi connectivity index (χ3n) is 2.01. The lowest BCUT2D eigenvalue weighted by Gasteiger charge is -1.98. The van der Waals surface area contributed by atoms with Crippen molar-refractivity contribution in [2.24, 2.45) is 0 Å². The summed E-state index contributed by atoms with van der Waals surface area (Å²) in [4.78, 5) is 0. The fraction of sp³-hybridized carbons (Fsp3) is 0.375. The summed E-state index contributed by atoms with van der Waals surface area (Å²) in [5.41, 5.74) is 1.35. The molecule has 0 N–H and O–H groups in total. The van der Waals surface area contributed by atoms with E-state index in [-0.39, 0.29) is 0 Å². The summed E-state index contributed by atoms with van der Waals surface area (Å²) in [6.45, 7) is 10.4. The van der Waals surface area contributed by atoms with Gasteiger partial charge in [0, 0.05) is 0 Å². The van der Waals surface area contributed by atoms with Gasteiger partial charge in [-0.15, -0.1) is 0 Å². The molecule has 2 rings (SSSR count). The highest BCUT2D eigenvalue weighted by atomic mass is 14.0. The van der Waals surface area contributed by atoms with Crippen molar-refractivity contribution in [1.29, 1.82) is 0 Å². The molecule has 88 valence electrons. The van der Waals surface area contributed by atoms with E-state index in [0.717, 1.165) is 0 Å². The molecule has 0 heteroatoms. The Balaban J connectivity index is 0.000000394. The molecule has 0 saturated heterocycles. The first-order chi connectivity index (χ1) is 7.79. The maximum atomic E-state index is 2.16. The van der Waals surface area contributed by atoms with Crippen molar-refractivity contribution in [1.82, 2.24) is 0 Å². The molecule has 2 aromatic carbocycles. The second-order valence-electron chi connectivity index (χ2n) is 3.50. The zero-order chi connectivity index (χ0) is 12.4. The Bertz CT molecular complexity index is 383. The molecule has 0 heterocycles. The second-order valence-corrected chi connectivity index (χ2v) is 3.50. The third-order valence-corrected chi connectivity index (χ3v) is 2.01. The van der Waals surface area contributed by atoms with Crippen LogP contribution in [0.25, 0.3) is 10.8 Å². The number of fused-ring (bicyclic) bond motifs is 1. The number of rotatable bonds is 0. The van der Waals surface area contributed by atoms with Crippen LogP contribution in [0.3, 0.4) is 0 Å². The van der Waals surface area contributed by atoms with Gasteiger partial charge in [0.2, 0.25) is 0 Å². The van der Waals surface area contributed by atoms with E-state index in [9.17, 15) is 0 Å². The van der Waals surface area contributed by atoms with Crippen molar-refractivity contribution in [3.8, 4) is 0 Å². The van der Waals surface area contributed by atoms with Gasteiger partial charge >= 0.3 is 0 Å². The molecule has 0 aliphatic carbocycles. The summed E-state index contributed by atoms with van der Waals surface area (Å²) in [7, 11) is 0. The van der Waals surface area contributed by atoms with Crippen LogP contribution in [0.15, 0.2) is 42.5 Å². The summed E-state index contributed by atoms with van der Waals surface area (Å²) in [5.74, 6) is 0. The van der Waals surface area contributed by atoms with Crippen LogP contribution in [-0.4, -0.2) is 0 Å². The van der Waals surface area contributed by atoms with Gasteiger partial charge in [0.05, 0.1) is 0 Å². The minimum atomic E-state index is 1.25. The van der Waals surface area contributed by atoms with E-state index in [2.05, 4.69) is 63.2 Å².